The van der Waals surface area contributed by atoms with E-state index in [4.69, 9.17) is 6.57 Å². The predicted molar refractivity (Wildman–Crippen MR) is 153 cm³/mol. The number of nitriles is 1. The molecule has 0 aromatic heterocycles. The summed E-state index contributed by atoms with van der Waals surface area (Å²) < 4.78 is 66.5. The fourth-order valence-corrected chi connectivity index (χ4v) is 6.58. The molecule has 0 saturated carbocycles. The van der Waals surface area contributed by atoms with E-state index in [1.807, 2.05) is 6.07 Å². The molecule has 0 radical (unpaired) electrons. The molecule has 1 fully saturated rings. The summed E-state index contributed by atoms with van der Waals surface area (Å²) in [4.78, 5) is 34.5. The molecule has 1 N–H and O–H groups in total. The second-order valence-corrected chi connectivity index (χ2v) is 12.7. The van der Waals surface area contributed by atoms with E-state index in [1.165, 1.54) is 30.0 Å². The molecule has 2 aliphatic rings. The molecule has 0 unspecified atom stereocenters. The maximum Gasteiger partial charge on any atom is 0.416 e. The van der Waals surface area contributed by atoms with E-state index in [9.17, 15) is 41.5 Å². The smallest absolute Gasteiger partial charge is 0.396 e. The van der Waals surface area contributed by atoms with E-state index in [0.717, 1.165) is 40.3 Å². The van der Waals surface area contributed by atoms with Crippen LogP contribution in [0, 0.1) is 23.8 Å². The summed E-state index contributed by atoms with van der Waals surface area (Å²) in [6.45, 7) is 9.50. The second-order valence-electron chi connectivity index (χ2n) is 10.8. The summed E-state index contributed by atoms with van der Waals surface area (Å²) >= 11 is 0. The van der Waals surface area contributed by atoms with Gasteiger partial charge in [-0.25, -0.2) is 18.1 Å². The molecule has 1 atom stereocenters. The van der Waals surface area contributed by atoms with Crippen molar-refractivity contribution in [1.29, 1.82) is 5.26 Å². The first-order valence-corrected chi connectivity index (χ1v) is 15.6. The molecular formula is C30H30F3N5O5S. The van der Waals surface area contributed by atoms with Crippen molar-refractivity contribution < 1.29 is 36.3 Å². The second kappa shape index (κ2) is 12.7. The van der Waals surface area contributed by atoms with Crippen LogP contribution in [0.1, 0.15) is 48.9 Å². The van der Waals surface area contributed by atoms with Crippen LogP contribution >= 0.6 is 0 Å². The number of hydrogen-bond acceptors (Lipinski definition) is 6. The first kappa shape index (κ1) is 32.5. The number of halogens is 3. The highest BCUT2D eigenvalue weighted by Gasteiger charge is 2.44. The van der Waals surface area contributed by atoms with Gasteiger partial charge in [-0.3, -0.25) is 9.69 Å². The summed E-state index contributed by atoms with van der Waals surface area (Å²) in [5, 5.41) is 18.7. The minimum absolute atomic E-state index is 0.0142. The molecule has 0 spiro atoms. The molecule has 4 rings (SSSR count). The summed E-state index contributed by atoms with van der Waals surface area (Å²) in [5.41, 5.74) is -1.43. The number of alkyl halides is 3. The number of benzene rings is 2. The van der Waals surface area contributed by atoms with Crippen molar-refractivity contribution in [3.63, 3.8) is 0 Å². The molecule has 2 aliphatic heterocycles. The maximum absolute atomic E-state index is 14.2. The lowest BCUT2D eigenvalue weighted by Crippen LogP contribution is -2.53. The number of amides is 3. The molecule has 10 nitrogen and oxygen atoms in total. The van der Waals surface area contributed by atoms with Crippen LogP contribution in [0.2, 0.25) is 0 Å². The van der Waals surface area contributed by atoms with Crippen LogP contribution in [0.5, 0.6) is 0 Å². The number of aliphatic hydroxyl groups is 1. The van der Waals surface area contributed by atoms with Gasteiger partial charge in [-0.15, -0.1) is 0 Å². The summed E-state index contributed by atoms with van der Waals surface area (Å²) in [6, 6.07) is 7.30. The van der Waals surface area contributed by atoms with Gasteiger partial charge >= 0.3 is 12.2 Å². The number of allylic oxidation sites excluding steroid dienone is 1. The number of urea groups is 1. The molecular weight excluding hydrogens is 599 g/mol. The zero-order valence-electron chi connectivity index (χ0n) is 24.0. The number of hydrogen-bond donors (Lipinski definition) is 1. The highest BCUT2D eigenvalue weighted by Crippen LogP contribution is 2.43. The van der Waals surface area contributed by atoms with Crippen LogP contribution in [-0.4, -0.2) is 67.8 Å². The Bertz CT molecular complexity index is 1690. The molecule has 1 saturated heterocycles. The van der Waals surface area contributed by atoms with Gasteiger partial charge in [0.25, 0.3) is 0 Å². The number of piperidine rings is 1. The Hall–Kier alpha value is -4.40. The Balaban J connectivity index is 1.87. The topological polar surface area (TPSA) is 126 Å². The van der Waals surface area contributed by atoms with Crippen molar-refractivity contribution in [2.75, 3.05) is 37.4 Å². The van der Waals surface area contributed by atoms with Gasteiger partial charge in [-0.1, -0.05) is 12.1 Å². The Kier molecular flexibility index (Phi) is 9.37. The van der Waals surface area contributed by atoms with E-state index in [2.05, 4.69) is 4.85 Å². The SMILES string of the molecule is [C-]#[N+]C1=C(C)N(c2cccc(C(F)(F)F)c2)C(=O)N(CC(=O)N2CCC(CCO)CC2)[C@@H]1c1ccc(C#N)cc1S(C)(=O)=O. The van der Waals surface area contributed by atoms with E-state index < -0.39 is 46.1 Å². The molecule has 2 aromatic carbocycles. The standard InChI is InChI=1S/C30H30F3N5O5S/c1-19-27(35-2)28(24-8-7-21(17-34)15-25(24)44(3,42)43)37(18-26(40)36-12-9-20(10-13-36)11-14-39)29(41)38(19)23-6-4-5-22(16-23)30(31,32)33/h4-8,15-16,20,28,39H,9-14,18H2,1,3H3/t28-/m1/s1. The van der Waals surface area contributed by atoms with Gasteiger partial charge in [0.1, 0.15) is 6.54 Å². The van der Waals surface area contributed by atoms with Gasteiger partial charge < -0.3 is 14.9 Å². The number of sulfone groups is 1. The van der Waals surface area contributed by atoms with Crippen molar-refractivity contribution in [1.82, 2.24) is 9.80 Å². The van der Waals surface area contributed by atoms with E-state index in [-0.39, 0.29) is 45.6 Å². The van der Waals surface area contributed by atoms with Gasteiger partial charge in [-0.05, 0) is 68.0 Å². The lowest BCUT2D eigenvalue weighted by Gasteiger charge is -2.43. The predicted octanol–water partition coefficient (Wildman–Crippen LogP) is 4.74. The minimum atomic E-state index is -4.72. The first-order valence-electron chi connectivity index (χ1n) is 13.7. The van der Waals surface area contributed by atoms with Gasteiger partial charge in [-0.2, -0.15) is 18.4 Å². The Morgan fingerprint density at radius 2 is 1.86 bits per heavy atom. The van der Waals surface area contributed by atoms with Crippen LogP contribution in [-0.2, 0) is 20.8 Å². The molecule has 2 aromatic rings. The van der Waals surface area contributed by atoms with Crippen LogP contribution in [0.15, 0.2) is 58.8 Å². The average Bonchev–Trinajstić information content (AvgIpc) is 2.98. The highest BCUT2D eigenvalue weighted by molar-refractivity contribution is 7.90. The van der Waals surface area contributed by atoms with E-state index in [1.54, 1.807) is 0 Å². The third-order valence-corrected chi connectivity index (χ3v) is 9.07. The summed E-state index contributed by atoms with van der Waals surface area (Å²) in [7, 11) is -4.02. The van der Waals surface area contributed by atoms with Crippen molar-refractivity contribution in [2.24, 2.45) is 5.92 Å². The minimum Gasteiger partial charge on any atom is -0.396 e. The fourth-order valence-electron chi connectivity index (χ4n) is 5.63. The number of likely N-dealkylation sites (tertiary alicyclic amines) is 1. The van der Waals surface area contributed by atoms with Gasteiger partial charge in [0.05, 0.1) is 34.7 Å². The average molecular weight is 630 g/mol. The fraction of sp³-hybridized carbons (Fsp3) is 0.400. The molecule has 0 bridgehead atoms. The number of anilines is 1. The number of carbonyl (C=O) groups excluding carboxylic acids is 2. The quantitative estimate of drug-likeness (QED) is 0.441. The summed E-state index contributed by atoms with van der Waals surface area (Å²) in [6.07, 6.45) is -1.97. The van der Waals surface area contributed by atoms with Crippen molar-refractivity contribution in [3.8, 4) is 6.07 Å². The number of nitrogens with zero attached hydrogens (tertiary/aromatic N) is 5. The lowest BCUT2D eigenvalue weighted by molar-refractivity contribution is -0.137. The van der Waals surface area contributed by atoms with Gasteiger partial charge in [0, 0.05) is 37.3 Å². The van der Waals surface area contributed by atoms with Gasteiger partial charge in [0.2, 0.25) is 11.6 Å². The number of rotatable bonds is 7. The Morgan fingerprint density at radius 3 is 2.43 bits per heavy atom. The van der Waals surface area contributed by atoms with Gasteiger partial charge in [0.15, 0.2) is 9.84 Å². The maximum atomic E-state index is 14.2. The van der Waals surface area contributed by atoms with Crippen LogP contribution < -0.4 is 4.90 Å². The molecule has 232 valence electrons. The molecule has 3 amide bonds. The van der Waals surface area contributed by atoms with Crippen LogP contribution in [0.25, 0.3) is 4.85 Å². The monoisotopic (exact) mass is 629 g/mol. The normalized spacial score (nSPS) is 18.3. The van der Waals surface area contributed by atoms with E-state index in [0.29, 0.717) is 32.4 Å². The largest absolute Gasteiger partial charge is 0.416 e. The first-order chi connectivity index (χ1) is 20.7. The van der Waals surface area contributed by atoms with Crippen molar-refractivity contribution in [2.45, 2.75) is 43.3 Å². The zero-order valence-corrected chi connectivity index (χ0v) is 24.8. The van der Waals surface area contributed by atoms with Crippen LogP contribution in [0.3, 0.4) is 0 Å². The van der Waals surface area contributed by atoms with Crippen molar-refractivity contribution >= 4 is 27.5 Å². The summed E-state index contributed by atoms with van der Waals surface area (Å²) in [5.74, 6) is -0.270. The Morgan fingerprint density at radius 1 is 1.18 bits per heavy atom. The zero-order chi connectivity index (χ0) is 32.4. The molecule has 14 heteroatoms. The number of aliphatic hydroxyl groups excluding tert-OH is 1. The Labute approximate surface area is 253 Å². The highest BCUT2D eigenvalue weighted by atomic mass is 32.2. The van der Waals surface area contributed by atoms with E-state index >= 15 is 0 Å². The number of carbonyl (C=O) groups is 2. The third kappa shape index (κ3) is 6.56. The van der Waals surface area contributed by atoms with Crippen molar-refractivity contribution in [3.05, 3.63) is 82.0 Å². The molecule has 2 heterocycles. The molecule has 0 aliphatic carbocycles. The third-order valence-electron chi connectivity index (χ3n) is 7.91. The molecule has 44 heavy (non-hydrogen) atoms. The lowest BCUT2D eigenvalue weighted by atomic mass is 9.93. The van der Waals surface area contributed by atoms with Crippen LogP contribution in [0.4, 0.5) is 23.7 Å².